The van der Waals surface area contributed by atoms with Crippen molar-refractivity contribution < 1.29 is 31.5 Å². The number of aromatic amines is 2. The third-order valence-electron chi connectivity index (χ3n) is 4.87. The number of nitrogens with zero attached hydrogens (tertiary/aromatic N) is 2. The van der Waals surface area contributed by atoms with Gasteiger partial charge in [0.1, 0.15) is 0 Å². The zero-order valence-electron chi connectivity index (χ0n) is 18.3. The van der Waals surface area contributed by atoms with E-state index in [-0.39, 0.29) is 28.6 Å². The normalized spacial score (nSPS) is 12.8. The number of hydrogen-bond donors (Lipinski definition) is 2. The number of fused-ring (bicyclic) bond motifs is 8. The van der Waals surface area contributed by atoms with Gasteiger partial charge in [-0.15, -0.1) is 0 Å². The van der Waals surface area contributed by atoms with E-state index < -0.39 is 0 Å². The molecule has 0 radical (unpaired) electrons. The molecule has 0 aromatic carbocycles. The molecule has 5 heterocycles. The topological polar surface area (TPSA) is 109 Å². The summed E-state index contributed by atoms with van der Waals surface area (Å²) in [5, 5.41) is 0. The van der Waals surface area contributed by atoms with Gasteiger partial charge in [0.2, 0.25) is 0 Å². The zero-order valence-corrected chi connectivity index (χ0v) is 19.4. The predicted octanol–water partition coefficient (Wildman–Crippen LogP) is 4.63. The van der Waals surface area contributed by atoms with Crippen LogP contribution in [0, 0.1) is 0 Å². The predicted molar refractivity (Wildman–Crippen MR) is 134 cm³/mol. The van der Waals surface area contributed by atoms with Gasteiger partial charge in [-0.1, -0.05) is 0 Å². The van der Waals surface area contributed by atoms with Crippen molar-refractivity contribution in [3.63, 3.8) is 0 Å². The van der Waals surface area contributed by atoms with Gasteiger partial charge in [-0.25, -0.2) is 9.97 Å². The second-order valence-corrected chi connectivity index (χ2v) is 7.38. The van der Waals surface area contributed by atoms with Crippen LogP contribution in [0.15, 0.2) is 72.8 Å². The molecule has 3 aromatic rings. The molecule has 2 N–H and O–H groups in total. The molecule has 0 atom stereocenters. The molecule has 0 saturated heterocycles. The maximum Gasteiger partial charge on any atom is 0.178 e. The molecule has 0 amide bonds. The molecule has 0 unspecified atom stereocenters. The Labute approximate surface area is 211 Å². The number of ketones is 2. The minimum atomic E-state index is -0.121. The molecule has 3 aromatic heterocycles. The summed E-state index contributed by atoms with van der Waals surface area (Å²) in [6.45, 7) is 3.25. The Kier molecular flexibility index (Phi) is 8.40. The van der Waals surface area contributed by atoms with Crippen LogP contribution >= 0.6 is 0 Å². The van der Waals surface area contributed by atoms with Gasteiger partial charge in [-0.3, -0.25) is 16.4 Å². The molecule has 8 bridgehead atoms. The van der Waals surface area contributed by atoms with Gasteiger partial charge in [0.05, 0.1) is 22.8 Å². The van der Waals surface area contributed by atoms with E-state index in [0.29, 0.717) is 0 Å². The number of aromatic nitrogens is 4. The summed E-state index contributed by atoms with van der Waals surface area (Å²) >= 11 is 0. The van der Waals surface area contributed by atoms with Crippen molar-refractivity contribution in [1.29, 1.82) is 0 Å². The summed E-state index contributed by atoms with van der Waals surface area (Å²) in [7, 11) is 0. The molecule has 7 nitrogen and oxygen atoms in total. The molecule has 6 rings (SSSR count). The monoisotopic (exact) mass is 503 g/mol. The quantitative estimate of drug-likeness (QED) is 0.139. The molecule has 35 heavy (non-hydrogen) atoms. The van der Waals surface area contributed by atoms with Gasteiger partial charge in [-0.2, -0.15) is 0 Å². The van der Waals surface area contributed by atoms with Crippen molar-refractivity contribution in [2.24, 2.45) is 0 Å². The van der Waals surface area contributed by atoms with E-state index in [1.54, 1.807) is 0 Å². The Morgan fingerprint density at radius 1 is 0.486 bits per heavy atom. The fourth-order valence-electron chi connectivity index (χ4n) is 3.38. The Morgan fingerprint density at radius 2 is 0.800 bits per heavy atom. The molecule has 0 saturated carbocycles. The number of rotatable bonds is 0. The first-order valence-electron chi connectivity index (χ1n) is 10.3. The van der Waals surface area contributed by atoms with Gasteiger partial charge in [0.25, 0.3) is 0 Å². The maximum absolute atomic E-state index is 10.3. The van der Waals surface area contributed by atoms with Crippen molar-refractivity contribution in [2.75, 3.05) is 0 Å². The van der Waals surface area contributed by atoms with Gasteiger partial charge < -0.3 is 14.8 Å². The molecule has 1 aliphatic carbocycles. The summed E-state index contributed by atoms with van der Waals surface area (Å²) in [5.41, 5.74) is 7.86. The van der Waals surface area contributed by atoms with Crippen LogP contribution in [0.25, 0.3) is 46.4 Å². The standard InChI is InChI=1S/C20H14N4.C6H4O2.CHO.Fe/c1-2-14-10-16-5-6-18(23-16)12-20-8-7-19(24-20)11-17-4-3-15(22-17)9-13(1)21-14;7-5-1-2-6(8)4-3-5;1-2;/h1-12,21-22H;1-4H;1H;/q;;-1;. The first-order valence-corrected chi connectivity index (χ1v) is 10.3. The van der Waals surface area contributed by atoms with Gasteiger partial charge in [-0.05, 0) is 97.1 Å². The third-order valence-corrected chi connectivity index (χ3v) is 4.87. The second-order valence-electron chi connectivity index (χ2n) is 7.38. The average Bonchev–Trinajstić information content (AvgIpc) is 3.64. The first kappa shape index (κ1) is 25.2. The van der Waals surface area contributed by atoms with Crippen LogP contribution in [0.1, 0.15) is 22.8 Å². The Morgan fingerprint density at radius 3 is 1.17 bits per heavy atom. The first-order chi connectivity index (χ1) is 16.6. The summed E-state index contributed by atoms with van der Waals surface area (Å²) in [6.07, 6.45) is 13.1. The third kappa shape index (κ3) is 6.80. The Balaban J connectivity index is 0.000000266. The van der Waals surface area contributed by atoms with Crippen LogP contribution < -0.4 is 0 Å². The molecule has 8 heteroatoms. The summed E-state index contributed by atoms with van der Waals surface area (Å²) in [4.78, 5) is 44.3. The molecule has 174 valence electrons. The van der Waals surface area contributed by atoms with E-state index in [1.807, 2.05) is 42.5 Å². The number of hydrogen-bond acceptors (Lipinski definition) is 5. The number of nitrogens with one attached hydrogen (secondary N) is 2. The van der Waals surface area contributed by atoms with Crippen LogP contribution in [0.2, 0.25) is 0 Å². The van der Waals surface area contributed by atoms with Crippen LogP contribution in [-0.4, -0.2) is 38.3 Å². The maximum atomic E-state index is 10.3. The number of carbonyl (C=O) groups is 2. The fraction of sp³-hybridized carbons (Fsp3) is 0. The SMILES string of the molecule is C1=Cc2cc3ccc(cc4ccc(cc5nc(cc1n2)C=C5)[nH]4)[nH]3.O=C1C=CC(=O)C=C1.[CH-]=O.[Fe]. The van der Waals surface area contributed by atoms with Crippen molar-refractivity contribution >= 4 is 64.7 Å². The van der Waals surface area contributed by atoms with Crippen LogP contribution in [-0.2, 0) is 31.5 Å². The van der Waals surface area contributed by atoms with Crippen LogP contribution in [0.3, 0.4) is 0 Å². The van der Waals surface area contributed by atoms with Gasteiger partial charge in [0, 0.05) is 39.1 Å². The molecular weight excluding hydrogens is 484 g/mol. The molecule has 0 fully saturated rings. The van der Waals surface area contributed by atoms with E-state index in [2.05, 4.69) is 57.1 Å². The minimum Gasteiger partial charge on any atom is -0.545 e. The van der Waals surface area contributed by atoms with Gasteiger partial charge in [0.15, 0.2) is 11.6 Å². The van der Waals surface area contributed by atoms with E-state index in [9.17, 15) is 9.59 Å². The molecule has 0 spiro atoms. The molecular formula is C27H19FeN4O3-. The fourth-order valence-corrected chi connectivity index (χ4v) is 3.38. The zero-order chi connectivity index (χ0) is 23.9. The van der Waals surface area contributed by atoms with Crippen molar-refractivity contribution in [3.05, 3.63) is 95.6 Å². The number of carbonyl (C=O) groups excluding carboxylic acids is 3. The van der Waals surface area contributed by atoms with Crippen LogP contribution in [0.4, 0.5) is 0 Å². The average molecular weight is 503 g/mol. The summed E-state index contributed by atoms with van der Waals surface area (Å²) in [5.74, 6) is -0.241. The Hall–Kier alpha value is -4.39. The largest absolute Gasteiger partial charge is 0.545 e. The van der Waals surface area contributed by atoms with E-state index >= 15 is 0 Å². The second kappa shape index (κ2) is 11.7. The van der Waals surface area contributed by atoms with Crippen molar-refractivity contribution in [2.45, 2.75) is 0 Å². The van der Waals surface area contributed by atoms with Crippen molar-refractivity contribution in [1.82, 2.24) is 19.9 Å². The minimum absolute atomic E-state index is 0. The van der Waals surface area contributed by atoms with E-state index in [0.717, 1.165) is 44.8 Å². The number of allylic oxidation sites excluding steroid dienone is 4. The Bertz CT molecular complexity index is 1410. The molecule has 3 aliphatic rings. The molecule has 2 aliphatic heterocycles. The van der Waals surface area contributed by atoms with Gasteiger partial charge >= 0.3 is 0 Å². The smallest absolute Gasteiger partial charge is 0.178 e. The van der Waals surface area contributed by atoms with Crippen LogP contribution in [0.5, 0.6) is 0 Å². The van der Waals surface area contributed by atoms with Crippen molar-refractivity contribution in [3.8, 4) is 0 Å². The number of H-pyrrole nitrogens is 2. The van der Waals surface area contributed by atoms with E-state index in [4.69, 9.17) is 4.79 Å². The summed E-state index contributed by atoms with van der Waals surface area (Å²) < 4.78 is 0. The summed E-state index contributed by atoms with van der Waals surface area (Å²) in [6, 6.07) is 16.4. The van der Waals surface area contributed by atoms with E-state index in [1.165, 1.54) is 24.3 Å².